The van der Waals surface area contributed by atoms with Gasteiger partial charge in [0.2, 0.25) is 6.29 Å². The predicted octanol–water partition coefficient (Wildman–Crippen LogP) is 5.86. The largest absolute Gasteiger partial charge is 0.497 e. The molecular formula is C34H32O8. The van der Waals surface area contributed by atoms with Gasteiger partial charge in [0.15, 0.2) is 12.2 Å². The van der Waals surface area contributed by atoms with E-state index in [1.807, 2.05) is 42.5 Å². The fourth-order valence-corrected chi connectivity index (χ4v) is 4.63. The number of carbonyl (C=O) groups is 2. The number of ether oxygens (including phenoxy) is 6. The summed E-state index contributed by atoms with van der Waals surface area (Å²) in [6.45, 7) is 1.94. The number of hydrogen-bond acceptors (Lipinski definition) is 8. The first-order valence-corrected chi connectivity index (χ1v) is 13.7. The van der Waals surface area contributed by atoms with Crippen LogP contribution in [0.5, 0.6) is 11.5 Å². The van der Waals surface area contributed by atoms with E-state index < -0.39 is 42.6 Å². The number of methoxy groups -OCH3 is 1. The minimum absolute atomic E-state index is 0.173. The molecule has 5 rings (SSSR count). The summed E-state index contributed by atoms with van der Waals surface area (Å²) in [5.41, 5.74) is 1.62. The number of benzene rings is 4. The van der Waals surface area contributed by atoms with Crippen LogP contribution in [0.25, 0.3) is 0 Å². The Kier molecular flexibility index (Phi) is 9.48. The lowest BCUT2D eigenvalue weighted by atomic mass is 9.98. The molecule has 42 heavy (non-hydrogen) atoms. The van der Waals surface area contributed by atoms with Gasteiger partial charge in [-0.15, -0.1) is 0 Å². The van der Waals surface area contributed by atoms with Crippen LogP contribution < -0.4 is 9.47 Å². The Morgan fingerprint density at radius 1 is 0.643 bits per heavy atom. The van der Waals surface area contributed by atoms with Crippen molar-refractivity contribution in [1.82, 2.24) is 0 Å². The Morgan fingerprint density at radius 2 is 1.14 bits per heavy atom. The highest BCUT2D eigenvalue weighted by atomic mass is 16.7. The van der Waals surface area contributed by atoms with Crippen LogP contribution in [0.15, 0.2) is 115 Å². The zero-order chi connectivity index (χ0) is 29.3. The van der Waals surface area contributed by atoms with Gasteiger partial charge >= 0.3 is 11.9 Å². The van der Waals surface area contributed by atoms with Crippen molar-refractivity contribution in [3.8, 4) is 11.5 Å². The molecule has 8 nitrogen and oxygen atoms in total. The molecule has 0 spiro atoms. The highest BCUT2D eigenvalue weighted by Crippen LogP contribution is 2.32. The van der Waals surface area contributed by atoms with Crippen LogP contribution >= 0.6 is 0 Å². The van der Waals surface area contributed by atoms with Crippen LogP contribution in [-0.4, -0.2) is 49.8 Å². The first kappa shape index (κ1) is 28.9. The molecule has 4 aromatic carbocycles. The minimum atomic E-state index is -1.10. The predicted molar refractivity (Wildman–Crippen MR) is 154 cm³/mol. The Morgan fingerprint density at radius 3 is 1.69 bits per heavy atom. The van der Waals surface area contributed by atoms with E-state index in [0.717, 1.165) is 5.56 Å². The third-order valence-corrected chi connectivity index (χ3v) is 6.83. The van der Waals surface area contributed by atoms with Crippen LogP contribution in [0.2, 0.25) is 0 Å². The van der Waals surface area contributed by atoms with E-state index in [2.05, 4.69) is 0 Å². The summed E-state index contributed by atoms with van der Waals surface area (Å²) in [5, 5.41) is 0. The molecular weight excluding hydrogens is 536 g/mol. The van der Waals surface area contributed by atoms with E-state index in [-0.39, 0.29) is 6.61 Å². The lowest BCUT2D eigenvalue weighted by Gasteiger charge is -2.44. The standard InChI is InChI=1S/C34H32O8/c1-23-29(41-32(35)25-14-8-4-9-15-25)30(38-22-24-12-6-3-7-13-24)31(42-33(36)26-16-10-5-11-17-26)34(39-23)40-28-20-18-27(37-2)19-21-28/h3-21,23,29-31,34H,22H2,1-2H3/t23-,29-,30+,31+,34-/m1/s1. The van der Waals surface area contributed by atoms with Crippen molar-refractivity contribution in [1.29, 1.82) is 0 Å². The van der Waals surface area contributed by atoms with Gasteiger partial charge in [-0.1, -0.05) is 66.7 Å². The van der Waals surface area contributed by atoms with Gasteiger partial charge in [-0.2, -0.15) is 0 Å². The van der Waals surface area contributed by atoms with E-state index in [1.54, 1.807) is 86.8 Å². The smallest absolute Gasteiger partial charge is 0.338 e. The minimum Gasteiger partial charge on any atom is -0.497 e. The second kappa shape index (κ2) is 13.8. The molecule has 4 aromatic rings. The van der Waals surface area contributed by atoms with Crippen molar-refractivity contribution in [3.05, 3.63) is 132 Å². The third-order valence-electron chi connectivity index (χ3n) is 6.83. The highest BCUT2D eigenvalue weighted by Gasteiger charge is 2.51. The molecule has 1 aliphatic rings. The molecule has 1 saturated heterocycles. The summed E-state index contributed by atoms with van der Waals surface area (Å²) in [6, 6.07) is 33.8. The highest BCUT2D eigenvalue weighted by molar-refractivity contribution is 5.90. The second-order valence-electron chi connectivity index (χ2n) is 9.74. The van der Waals surface area contributed by atoms with Crippen molar-refractivity contribution in [2.24, 2.45) is 0 Å². The molecule has 5 atom stereocenters. The fourth-order valence-electron chi connectivity index (χ4n) is 4.63. The number of hydrogen-bond donors (Lipinski definition) is 0. The summed E-state index contributed by atoms with van der Waals surface area (Å²) in [4.78, 5) is 26.5. The Labute approximate surface area is 244 Å². The van der Waals surface area contributed by atoms with E-state index in [4.69, 9.17) is 28.4 Å². The molecule has 0 aromatic heterocycles. The maximum absolute atomic E-state index is 13.3. The number of esters is 2. The maximum atomic E-state index is 13.3. The lowest BCUT2D eigenvalue weighted by molar-refractivity contribution is -0.277. The van der Waals surface area contributed by atoms with Crippen molar-refractivity contribution >= 4 is 11.9 Å². The average Bonchev–Trinajstić information content (AvgIpc) is 3.04. The third kappa shape index (κ3) is 7.15. The summed E-state index contributed by atoms with van der Waals surface area (Å²) in [6.07, 6.45) is -4.71. The van der Waals surface area contributed by atoms with Gasteiger partial charge in [-0.3, -0.25) is 0 Å². The molecule has 1 aliphatic heterocycles. The molecule has 0 amide bonds. The van der Waals surface area contributed by atoms with E-state index >= 15 is 0 Å². The molecule has 0 saturated carbocycles. The van der Waals surface area contributed by atoms with Gasteiger partial charge in [0.05, 0.1) is 30.9 Å². The van der Waals surface area contributed by atoms with Crippen LogP contribution in [0, 0.1) is 0 Å². The van der Waals surface area contributed by atoms with Crippen LogP contribution in [0.4, 0.5) is 0 Å². The summed E-state index contributed by atoms with van der Waals surface area (Å²) in [5.74, 6) is -0.0184. The van der Waals surface area contributed by atoms with Crippen LogP contribution in [0.1, 0.15) is 33.2 Å². The van der Waals surface area contributed by atoms with Crippen LogP contribution in [0.3, 0.4) is 0 Å². The summed E-state index contributed by atoms with van der Waals surface area (Å²) < 4.78 is 36.1. The molecule has 0 aliphatic carbocycles. The Balaban J connectivity index is 1.48. The Bertz CT molecular complexity index is 1430. The van der Waals surface area contributed by atoms with Gasteiger partial charge in [-0.05, 0) is 61.0 Å². The molecule has 0 radical (unpaired) electrons. The quantitative estimate of drug-likeness (QED) is 0.220. The molecule has 8 heteroatoms. The van der Waals surface area contributed by atoms with Gasteiger partial charge in [0.1, 0.15) is 17.6 Å². The first-order chi connectivity index (χ1) is 20.5. The van der Waals surface area contributed by atoms with Gasteiger partial charge in [0.25, 0.3) is 0 Å². The van der Waals surface area contributed by atoms with E-state index in [9.17, 15) is 9.59 Å². The van der Waals surface area contributed by atoms with Gasteiger partial charge in [-0.25, -0.2) is 9.59 Å². The second-order valence-corrected chi connectivity index (χ2v) is 9.74. The normalized spacial score (nSPS) is 21.6. The fraction of sp³-hybridized carbons (Fsp3) is 0.235. The molecule has 1 heterocycles. The number of rotatable bonds is 10. The lowest BCUT2D eigenvalue weighted by Crippen LogP contribution is -2.61. The van der Waals surface area contributed by atoms with Gasteiger partial charge < -0.3 is 28.4 Å². The SMILES string of the molecule is COc1ccc(O[C@H]2O[C@H](C)[C@@H](OC(=O)c3ccccc3)[C@H](OCc3ccccc3)[C@@H]2OC(=O)c2ccccc2)cc1. The molecule has 216 valence electrons. The van der Waals surface area contributed by atoms with Crippen molar-refractivity contribution in [3.63, 3.8) is 0 Å². The molecule has 0 bridgehead atoms. The zero-order valence-electron chi connectivity index (χ0n) is 23.3. The van der Waals surface area contributed by atoms with Crippen molar-refractivity contribution < 1.29 is 38.0 Å². The van der Waals surface area contributed by atoms with Crippen LogP contribution in [-0.2, 0) is 25.6 Å². The molecule has 0 unspecified atom stereocenters. The first-order valence-electron chi connectivity index (χ1n) is 13.7. The zero-order valence-corrected chi connectivity index (χ0v) is 23.3. The van der Waals surface area contributed by atoms with Crippen molar-refractivity contribution in [2.75, 3.05) is 7.11 Å². The monoisotopic (exact) mass is 568 g/mol. The topological polar surface area (TPSA) is 89.5 Å². The summed E-state index contributed by atoms with van der Waals surface area (Å²) in [7, 11) is 1.58. The number of carbonyl (C=O) groups excluding carboxylic acids is 2. The van der Waals surface area contributed by atoms with E-state index in [0.29, 0.717) is 22.6 Å². The molecule has 0 N–H and O–H groups in total. The van der Waals surface area contributed by atoms with Crippen molar-refractivity contribution in [2.45, 2.75) is 44.2 Å². The Hall–Kier alpha value is -4.66. The van der Waals surface area contributed by atoms with E-state index in [1.165, 1.54) is 0 Å². The maximum Gasteiger partial charge on any atom is 0.338 e. The average molecular weight is 569 g/mol. The van der Waals surface area contributed by atoms with Gasteiger partial charge in [0, 0.05) is 0 Å². The molecule has 1 fully saturated rings. The summed E-state index contributed by atoms with van der Waals surface area (Å²) >= 11 is 0.